The lowest BCUT2D eigenvalue weighted by atomic mass is 9.87. The molecule has 0 radical (unpaired) electrons. The minimum atomic E-state index is -0.195. The molecule has 128 valence electrons. The van der Waals surface area contributed by atoms with Crippen molar-refractivity contribution in [1.82, 2.24) is 9.80 Å². The molecule has 0 spiro atoms. The maximum atomic E-state index is 12.9. The summed E-state index contributed by atoms with van der Waals surface area (Å²) in [5.41, 5.74) is 1.03. The van der Waals surface area contributed by atoms with E-state index in [0.29, 0.717) is 12.0 Å². The fraction of sp³-hybridized carbons (Fsp3) is 0.579. The van der Waals surface area contributed by atoms with Gasteiger partial charge in [0.05, 0.1) is 0 Å². The second-order valence-corrected chi connectivity index (χ2v) is 6.66. The third kappa shape index (κ3) is 5.72. The normalized spacial score (nSPS) is 23.0. The summed E-state index contributed by atoms with van der Waals surface area (Å²) in [6.45, 7) is 3.39. The van der Waals surface area contributed by atoms with Crippen molar-refractivity contribution in [3.05, 3.63) is 41.7 Å². The number of hydrogen-bond donors (Lipinski definition) is 1. The first-order valence-electron chi connectivity index (χ1n) is 8.52. The maximum absolute atomic E-state index is 12.9. The summed E-state index contributed by atoms with van der Waals surface area (Å²) in [4.78, 5) is 4.80. The fourth-order valence-electron chi connectivity index (χ4n) is 3.49. The van der Waals surface area contributed by atoms with Crippen LogP contribution in [0.4, 0.5) is 4.39 Å². The highest BCUT2D eigenvalue weighted by molar-refractivity contribution is 5.48. The van der Waals surface area contributed by atoms with E-state index in [9.17, 15) is 4.39 Å². The van der Waals surface area contributed by atoms with Crippen LogP contribution < -0.4 is 0 Å². The largest absolute Gasteiger partial charge is 0.396 e. The van der Waals surface area contributed by atoms with Gasteiger partial charge in [0, 0.05) is 25.7 Å². The van der Waals surface area contributed by atoms with Gasteiger partial charge in [-0.15, -0.1) is 0 Å². The molecule has 4 heteroatoms. The van der Waals surface area contributed by atoms with Crippen LogP contribution in [0.1, 0.15) is 24.8 Å². The smallest absolute Gasteiger partial charge is 0.123 e. The fourth-order valence-corrected chi connectivity index (χ4v) is 3.49. The average Bonchev–Trinajstić information content (AvgIpc) is 2.54. The van der Waals surface area contributed by atoms with Gasteiger partial charge in [-0.25, -0.2) is 4.39 Å². The van der Waals surface area contributed by atoms with E-state index < -0.39 is 0 Å². The van der Waals surface area contributed by atoms with Gasteiger partial charge in [-0.3, -0.25) is 4.90 Å². The maximum Gasteiger partial charge on any atom is 0.123 e. The molecule has 0 aliphatic carbocycles. The third-order valence-corrected chi connectivity index (χ3v) is 4.72. The molecule has 1 heterocycles. The van der Waals surface area contributed by atoms with Crippen LogP contribution in [0.15, 0.2) is 30.3 Å². The molecular formula is C19H29FN2O. The van der Waals surface area contributed by atoms with Crippen LogP contribution in [0.5, 0.6) is 0 Å². The van der Waals surface area contributed by atoms with E-state index >= 15 is 0 Å². The molecule has 0 saturated carbocycles. The Morgan fingerprint density at radius 1 is 1.30 bits per heavy atom. The molecule has 1 aromatic rings. The molecule has 1 aliphatic rings. The van der Waals surface area contributed by atoms with Gasteiger partial charge in [0.15, 0.2) is 0 Å². The Morgan fingerprint density at radius 3 is 2.70 bits per heavy atom. The molecule has 0 amide bonds. The van der Waals surface area contributed by atoms with Crippen molar-refractivity contribution in [3.63, 3.8) is 0 Å². The Balaban J connectivity index is 1.87. The van der Waals surface area contributed by atoms with Gasteiger partial charge in [-0.05, 0) is 63.5 Å². The average molecular weight is 320 g/mol. The number of aliphatic hydroxyl groups excluding tert-OH is 1. The lowest BCUT2D eigenvalue weighted by molar-refractivity contribution is 0.0825. The monoisotopic (exact) mass is 320 g/mol. The minimum absolute atomic E-state index is 0.195. The summed E-state index contributed by atoms with van der Waals surface area (Å²) in [5, 5.41) is 9.11. The molecule has 1 saturated heterocycles. The molecule has 0 aromatic heterocycles. The van der Waals surface area contributed by atoms with Crippen LogP contribution in [0, 0.1) is 11.7 Å². The van der Waals surface area contributed by atoms with Crippen molar-refractivity contribution in [2.75, 3.05) is 40.3 Å². The van der Waals surface area contributed by atoms with Gasteiger partial charge >= 0.3 is 0 Å². The molecule has 1 fully saturated rings. The van der Waals surface area contributed by atoms with Gasteiger partial charge in [0.1, 0.15) is 5.82 Å². The zero-order valence-electron chi connectivity index (χ0n) is 14.3. The highest BCUT2D eigenvalue weighted by Crippen LogP contribution is 2.24. The molecule has 2 rings (SSSR count). The van der Waals surface area contributed by atoms with E-state index in [2.05, 4.69) is 36.0 Å². The van der Waals surface area contributed by atoms with E-state index in [1.807, 2.05) is 0 Å². The first-order valence-corrected chi connectivity index (χ1v) is 8.52. The van der Waals surface area contributed by atoms with Crippen molar-refractivity contribution < 1.29 is 9.50 Å². The minimum Gasteiger partial charge on any atom is -0.396 e. The summed E-state index contributed by atoms with van der Waals surface area (Å²) >= 11 is 0. The Morgan fingerprint density at radius 2 is 2.04 bits per heavy atom. The first kappa shape index (κ1) is 18.1. The predicted molar refractivity (Wildman–Crippen MR) is 93.8 cm³/mol. The topological polar surface area (TPSA) is 26.7 Å². The number of likely N-dealkylation sites (tertiary alicyclic amines) is 1. The molecular weight excluding hydrogens is 291 g/mol. The van der Waals surface area contributed by atoms with Crippen LogP contribution in [0.25, 0.3) is 6.08 Å². The molecule has 0 unspecified atom stereocenters. The quantitative estimate of drug-likeness (QED) is 0.837. The second-order valence-electron chi connectivity index (χ2n) is 6.66. The first-order chi connectivity index (χ1) is 11.1. The van der Waals surface area contributed by atoms with Crippen LogP contribution in [-0.2, 0) is 0 Å². The summed E-state index contributed by atoms with van der Waals surface area (Å²) in [6.07, 6.45) is 7.35. The Bertz CT molecular complexity index is 487. The SMILES string of the molecule is CN(C)[C@@H]1CCN(C/C=C/c2ccc(F)cc2)C[C@@H]1CCCO. The highest BCUT2D eigenvalue weighted by Gasteiger charge is 2.29. The van der Waals surface area contributed by atoms with Gasteiger partial charge in [-0.2, -0.15) is 0 Å². The number of piperidine rings is 1. The van der Waals surface area contributed by atoms with Crippen molar-refractivity contribution in [3.8, 4) is 0 Å². The van der Waals surface area contributed by atoms with Crippen LogP contribution in [0.3, 0.4) is 0 Å². The summed E-state index contributed by atoms with van der Waals surface area (Å²) in [6, 6.07) is 7.20. The van der Waals surface area contributed by atoms with Crippen LogP contribution >= 0.6 is 0 Å². The number of hydrogen-bond acceptors (Lipinski definition) is 3. The lowest BCUT2D eigenvalue weighted by Crippen LogP contribution is -2.48. The van der Waals surface area contributed by atoms with E-state index in [1.165, 1.54) is 18.6 Å². The number of halogens is 1. The number of aliphatic hydroxyl groups is 1. The van der Waals surface area contributed by atoms with Crippen molar-refractivity contribution in [2.24, 2.45) is 5.92 Å². The zero-order chi connectivity index (χ0) is 16.7. The van der Waals surface area contributed by atoms with Gasteiger partial charge in [-0.1, -0.05) is 24.3 Å². The van der Waals surface area contributed by atoms with Crippen molar-refractivity contribution in [2.45, 2.75) is 25.3 Å². The van der Waals surface area contributed by atoms with Crippen molar-refractivity contribution >= 4 is 6.08 Å². The Labute approximate surface area is 139 Å². The standard InChI is InChI=1S/C19H29FN2O/c1-21(2)19-11-13-22(15-17(19)6-4-14-23)12-3-5-16-7-9-18(20)10-8-16/h3,5,7-10,17,19,23H,4,6,11-15H2,1-2H3/b5-3+/t17-,19+/m0/s1. The van der Waals surface area contributed by atoms with Crippen LogP contribution in [-0.4, -0.2) is 61.3 Å². The van der Waals surface area contributed by atoms with Crippen molar-refractivity contribution in [1.29, 1.82) is 0 Å². The molecule has 1 aliphatic heterocycles. The van der Waals surface area contributed by atoms with Gasteiger partial charge in [0.2, 0.25) is 0 Å². The summed E-state index contributed by atoms with van der Waals surface area (Å²) in [5.74, 6) is 0.421. The molecule has 3 nitrogen and oxygen atoms in total. The summed E-state index contributed by atoms with van der Waals surface area (Å²) in [7, 11) is 4.31. The van der Waals surface area contributed by atoms with E-state index in [-0.39, 0.29) is 12.4 Å². The molecule has 23 heavy (non-hydrogen) atoms. The number of rotatable bonds is 7. The second kappa shape index (κ2) is 9.16. The molecule has 0 bridgehead atoms. The van der Waals surface area contributed by atoms with Crippen LogP contribution in [0.2, 0.25) is 0 Å². The highest BCUT2D eigenvalue weighted by atomic mass is 19.1. The molecule has 1 N–H and O–H groups in total. The Kier molecular flexibility index (Phi) is 7.21. The van der Waals surface area contributed by atoms with E-state index in [1.54, 1.807) is 12.1 Å². The number of nitrogens with zero attached hydrogens (tertiary/aromatic N) is 2. The predicted octanol–water partition coefficient (Wildman–Crippen LogP) is 2.86. The molecule has 1 aromatic carbocycles. The van der Waals surface area contributed by atoms with Gasteiger partial charge < -0.3 is 10.0 Å². The van der Waals surface area contributed by atoms with E-state index in [4.69, 9.17) is 5.11 Å². The van der Waals surface area contributed by atoms with Gasteiger partial charge in [0.25, 0.3) is 0 Å². The lowest BCUT2D eigenvalue weighted by Gasteiger charge is -2.41. The number of benzene rings is 1. The van der Waals surface area contributed by atoms with E-state index in [0.717, 1.165) is 38.0 Å². The third-order valence-electron chi connectivity index (χ3n) is 4.72. The Hall–Kier alpha value is -1.23. The summed E-state index contributed by atoms with van der Waals surface area (Å²) < 4.78 is 12.9. The zero-order valence-corrected chi connectivity index (χ0v) is 14.3. The molecule has 2 atom stereocenters.